The Morgan fingerprint density at radius 2 is 1.90 bits per heavy atom. The molecule has 0 bridgehead atoms. The Morgan fingerprint density at radius 1 is 1.33 bits per heavy atom. The Labute approximate surface area is 129 Å². The van der Waals surface area contributed by atoms with E-state index in [0.717, 1.165) is 0 Å². The number of hydrogen-bond acceptors (Lipinski definition) is 2. The lowest BCUT2D eigenvalue weighted by atomic mass is 9.87. The van der Waals surface area contributed by atoms with Crippen LogP contribution >= 0.6 is 11.6 Å². The summed E-state index contributed by atoms with van der Waals surface area (Å²) in [5.41, 5.74) is 0.105. The SMILES string of the molecule is CC(N(C)C(=O)Nc1cc(Cl)ccc1C(=O)O)C(C)(C)C. The number of rotatable bonds is 3. The number of aromatic carboxylic acids is 1. The fourth-order valence-corrected chi connectivity index (χ4v) is 1.94. The minimum absolute atomic E-state index is 0.00422. The first-order valence-electron chi connectivity index (χ1n) is 6.60. The smallest absolute Gasteiger partial charge is 0.337 e. The van der Waals surface area contributed by atoms with Crippen molar-refractivity contribution in [3.8, 4) is 0 Å². The van der Waals surface area contributed by atoms with Gasteiger partial charge in [-0.25, -0.2) is 9.59 Å². The third-order valence-electron chi connectivity index (χ3n) is 3.61. The van der Waals surface area contributed by atoms with Crippen molar-refractivity contribution in [3.63, 3.8) is 0 Å². The molecule has 0 saturated carbocycles. The van der Waals surface area contributed by atoms with Crippen LogP contribution in [0.2, 0.25) is 5.02 Å². The summed E-state index contributed by atoms with van der Waals surface area (Å²) in [5.74, 6) is -1.12. The number of urea groups is 1. The van der Waals surface area contributed by atoms with Gasteiger partial charge in [-0.05, 0) is 30.5 Å². The Bertz CT molecular complexity index is 552. The van der Waals surface area contributed by atoms with Gasteiger partial charge < -0.3 is 15.3 Å². The van der Waals surface area contributed by atoms with E-state index >= 15 is 0 Å². The minimum Gasteiger partial charge on any atom is -0.478 e. The molecule has 1 atom stereocenters. The molecule has 5 nitrogen and oxygen atoms in total. The molecule has 0 aromatic heterocycles. The maximum Gasteiger partial charge on any atom is 0.337 e. The molecule has 0 radical (unpaired) electrons. The van der Waals surface area contributed by atoms with E-state index in [1.807, 2.05) is 27.7 Å². The Kier molecular flexibility index (Phi) is 5.23. The zero-order valence-corrected chi connectivity index (χ0v) is 13.7. The zero-order chi connectivity index (χ0) is 16.4. The van der Waals surface area contributed by atoms with Crippen LogP contribution < -0.4 is 5.32 Å². The van der Waals surface area contributed by atoms with Gasteiger partial charge in [-0.1, -0.05) is 32.4 Å². The van der Waals surface area contributed by atoms with Crippen LogP contribution in [-0.4, -0.2) is 35.1 Å². The van der Waals surface area contributed by atoms with E-state index in [1.54, 1.807) is 11.9 Å². The molecule has 116 valence electrons. The predicted molar refractivity (Wildman–Crippen MR) is 84.1 cm³/mol. The van der Waals surface area contributed by atoms with Gasteiger partial charge >= 0.3 is 12.0 Å². The summed E-state index contributed by atoms with van der Waals surface area (Å²) in [4.78, 5) is 25.0. The Balaban J connectivity index is 2.98. The highest BCUT2D eigenvalue weighted by Crippen LogP contribution is 2.25. The number of carboxylic acids is 1. The van der Waals surface area contributed by atoms with Crippen LogP contribution in [0.5, 0.6) is 0 Å². The molecule has 1 aromatic carbocycles. The number of hydrogen-bond donors (Lipinski definition) is 2. The second-order valence-corrected chi connectivity index (χ2v) is 6.51. The highest BCUT2D eigenvalue weighted by molar-refractivity contribution is 6.31. The fourth-order valence-electron chi connectivity index (χ4n) is 1.77. The van der Waals surface area contributed by atoms with Crippen LogP contribution in [0.4, 0.5) is 10.5 Å². The molecule has 0 fully saturated rings. The standard InChI is InChI=1S/C15H21ClN2O3/c1-9(15(2,3)4)18(5)14(21)17-12-8-10(16)6-7-11(12)13(19)20/h6-9H,1-5H3,(H,17,21)(H,19,20). The number of carbonyl (C=O) groups excluding carboxylic acids is 1. The van der Waals surface area contributed by atoms with Crippen molar-refractivity contribution < 1.29 is 14.7 Å². The van der Waals surface area contributed by atoms with E-state index in [2.05, 4.69) is 5.32 Å². The normalized spacial score (nSPS) is 12.7. The maximum absolute atomic E-state index is 12.3. The number of carbonyl (C=O) groups is 2. The number of halogens is 1. The summed E-state index contributed by atoms with van der Waals surface area (Å²) in [6.07, 6.45) is 0. The monoisotopic (exact) mass is 312 g/mol. The van der Waals surface area contributed by atoms with Crippen molar-refractivity contribution >= 4 is 29.3 Å². The van der Waals surface area contributed by atoms with Crippen LogP contribution in [0.3, 0.4) is 0 Å². The topological polar surface area (TPSA) is 69.6 Å². The van der Waals surface area contributed by atoms with Crippen molar-refractivity contribution in [2.45, 2.75) is 33.7 Å². The summed E-state index contributed by atoms with van der Waals surface area (Å²) in [5, 5.41) is 12.1. The van der Waals surface area contributed by atoms with E-state index in [1.165, 1.54) is 18.2 Å². The number of nitrogens with zero attached hydrogens (tertiary/aromatic N) is 1. The van der Waals surface area contributed by atoms with Crippen molar-refractivity contribution in [3.05, 3.63) is 28.8 Å². The molecule has 0 spiro atoms. The molecule has 0 saturated heterocycles. The lowest BCUT2D eigenvalue weighted by Gasteiger charge is -2.35. The maximum atomic E-state index is 12.3. The lowest BCUT2D eigenvalue weighted by molar-refractivity contribution is 0.0698. The molecular formula is C15H21ClN2O3. The second-order valence-electron chi connectivity index (χ2n) is 6.08. The first-order chi connectivity index (χ1) is 9.54. The molecule has 1 unspecified atom stereocenters. The van der Waals surface area contributed by atoms with Gasteiger partial charge in [0.15, 0.2) is 0 Å². The van der Waals surface area contributed by atoms with Crippen molar-refractivity contribution in [1.82, 2.24) is 4.90 Å². The molecule has 0 aliphatic carbocycles. The van der Waals surface area contributed by atoms with Crippen LogP contribution in [0.25, 0.3) is 0 Å². The number of carboxylic acid groups (broad SMARTS) is 1. The first kappa shape index (κ1) is 17.3. The third-order valence-corrected chi connectivity index (χ3v) is 3.84. The highest BCUT2D eigenvalue weighted by Gasteiger charge is 2.27. The third kappa shape index (κ3) is 4.36. The molecule has 1 aromatic rings. The zero-order valence-electron chi connectivity index (χ0n) is 12.9. The average Bonchev–Trinajstić information content (AvgIpc) is 2.35. The highest BCUT2D eigenvalue weighted by atomic mass is 35.5. The van der Waals surface area contributed by atoms with Gasteiger partial charge in [0, 0.05) is 18.1 Å². The first-order valence-corrected chi connectivity index (χ1v) is 6.98. The van der Waals surface area contributed by atoms with Crippen molar-refractivity contribution in [2.24, 2.45) is 5.41 Å². The lowest BCUT2D eigenvalue weighted by Crippen LogP contribution is -2.45. The van der Waals surface area contributed by atoms with Gasteiger partial charge in [-0.2, -0.15) is 0 Å². The molecule has 21 heavy (non-hydrogen) atoms. The van der Waals surface area contributed by atoms with Crippen LogP contribution in [0.15, 0.2) is 18.2 Å². The van der Waals surface area contributed by atoms with Gasteiger partial charge in [0.1, 0.15) is 0 Å². The van der Waals surface area contributed by atoms with Gasteiger partial charge in [-0.15, -0.1) is 0 Å². The van der Waals surface area contributed by atoms with Crippen LogP contribution in [0.1, 0.15) is 38.1 Å². The van der Waals surface area contributed by atoms with Crippen molar-refractivity contribution in [2.75, 3.05) is 12.4 Å². The average molecular weight is 313 g/mol. The fraction of sp³-hybridized carbons (Fsp3) is 0.467. The summed E-state index contributed by atoms with van der Waals surface area (Å²) in [6, 6.07) is 3.88. The molecule has 0 aliphatic heterocycles. The van der Waals surface area contributed by atoms with E-state index in [0.29, 0.717) is 5.02 Å². The van der Waals surface area contributed by atoms with E-state index in [4.69, 9.17) is 16.7 Å². The van der Waals surface area contributed by atoms with Gasteiger partial charge in [0.2, 0.25) is 0 Å². The number of nitrogens with one attached hydrogen (secondary N) is 1. The quantitative estimate of drug-likeness (QED) is 0.888. The van der Waals surface area contributed by atoms with E-state index < -0.39 is 5.97 Å². The number of anilines is 1. The molecule has 2 amide bonds. The molecule has 2 N–H and O–H groups in total. The van der Waals surface area contributed by atoms with E-state index in [-0.39, 0.29) is 28.7 Å². The molecular weight excluding hydrogens is 292 g/mol. The minimum atomic E-state index is -1.12. The second kappa shape index (κ2) is 6.35. The summed E-state index contributed by atoms with van der Waals surface area (Å²) in [7, 11) is 1.68. The Hall–Kier alpha value is -1.75. The summed E-state index contributed by atoms with van der Waals surface area (Å²) < 4.78 is 0. The van der Waals surface area contributed by atoms with E-state index in [9.17, 15) is 9.59 Å². The Morgan fingerprint density at radius 3 is 2.38 bits per heavy atom. The van der Waals surface area contributed by atoms with Gasteiger partial charge in [-0.3, -0.25) is 0 Å². The largest absolute Gasteiger partial charge is 0.478 e. The molecule has 1 rings (SSSR count). The molecule has 0 heterocycles. The predicted octanol–water partition coefficient (Wildman–Crippen LogP) is 3.94. The number of benzene rings is 1. The molecule has 0 aliphatic rings. The summed E-state index contributed by atoms with van der Waals surface area (Å²) in [6.45, 7) is 8.03. The van der Waals surface area contributed by atoms with Crippen LogP contribution in [0, 0.1) is 5.41 Å². The summed E-state index contributed by atoms with van der Waals surface area (Å²) >= 11 is 5.86. The van der Waals surface area contributed by atoms with Gasteiger partial charge in [0.25, 0.3) is 0 Å². The van der Waals surface area contributed by atoms with Gasteiger partial charge in [0.05, 0.1) is 11.3 Å². The number of amides is 2. The molecule has 6 heteroatoms. The van der Waals surface area contributed by atoms with Crippen LogP contribution in [-0.2, 0) is 0 Å². The van der Waals surface area contributed by atoms with Crippen molar-refractivity contribution in [1.29, 1.82) is 0 Å².